The van der Waals surface area contributed by atoms with Gasteiger partial charge in [0.05, 0.1) is 6.61 Å². The average Bonchev–Trinajstić information content (AvgIpc) is 2.70. The summed E-state index contributed by atoms with van der Waals surface area (Å²) in [7, 11) is -5.04. The minimum absolute atomic E-state index is 0.0469. The van der Waals surface area contributed by atoms with Gasteiger partial charge in [-0.2, -0.15) is 0 Å². The van der Waals surface area contributed by atoms with Crippen LogP contribution in [0.2, 0.25) is 0 Å². The van der Waals surface area contributed by atoms with Crippen molar-refractivity contribution in [2.24, 2.45) is 0 Å². The summed E-state index contributed by atoms with van der Waals surface area (Å²) in [4.78, 5) is 33.2. The number of phosphoric acid groups is 1. The zero-order chi connectivity index (χ0) is 23.8. The third kappa shape index (κ3) is 8.72. The van der Waals surface area contributed by atoms with Crippen molar-refractivity contribution in [3.8, 4) is 0 Å². The maximum absolute atomic E-state index is 12.2. The molecule has 1 saturated carbocycles. The van der Waals surface area contributed by atoms with Gasteiger partial charge in [-0.3, -0.25) is 18.6 Å². The molecule has 6 N–H and O–H groups in total. The second-order valence-electron chi connectivity index (χ2n) is 7.08. The summed E-state index contributed by atoms with van der Waals surface area (Å²) in [6.07, 6.45) is -12.0. The molecule has 0 spiro atoms. The van der Waals surface area contributed by atoms with Crippen LogP contribution < -0.4 is 0 Å². The summed E-state index contributed by atoms with van der Waals surface area (Å²) in [5.41, 5.74) is 0. The lowest BCUT2D eigenvalue weighted by Gasteiger charge is -2.41. The fourth-order valence-corrected chi connectivity index (χ4v) is 3.68. The van der Waals surface area contributed by atoms with E-state index in [9.17, 15) is 44.6 Å². The normalized spacial score (nSPS) is 31.5. The molecule has 8 atom stereocenters. The lowest BCUT2D eigenvalue weighted by Crippen LogP contribution is -2.64. The first kappa shape index (κ1) is 27.9. The highest BCUT2D eigenvalue weighted by Gasteiger charge is 2.51. The maximum atomic E-state index is 12.2. The van der Waals surface area contributed by atoms with Crippen molar-refractivity contribution in [2.75, 3.05) is 13.2 Å². The minimum atomic E-state index is -5.04. The van der Waals surface area contributed by atoms with E-state index in [1.54, 1.807) is 13.8 Å². The van der Waals surface area contributed by atoms with Gasteiger partial charge in [0.15, 0.2) is 6.10 Å². The summed E-state index contributed by atoms with van der Waals surface area (Å²) in [6, 6.07) is 0. The van der Waals surface area contributed by atoms with E-state index in [0.29, 0.717) is 12.8 Å². The lowest BCUT2D eigenvalue weighted by molar-refractivity contribution is -0.220. The van der Waals surface area contributed by atoms with Crippen LogP contribution in [0.15, 0.2) is 0 Å². The molecule has 0 saturated heterocycles. The van der Waals surface area contributed by atoms with Gasteiger partial charge in [0, 0.05) is 12.8 Å². The molecule has 0 radical (unpaired) electrons. The van der Waals surface area contributed by atoms with E-state index in [1.807, 2.05) is 0 Å². The highest BCUT2D eigenvalue weighted by atomic mass is 31.2. The Morgan fingerprint density at radius 1 is 0.839 bits per heavy atom. The Bertz CT molecular complexity index is 613. The van der Waals surface area contributed by atoms with E-state index in [0.717, 1.165) is 0 Å². The number of ether oxygens (including phenoxy) is 2. The molecule has 0 aromatic rings. The van der Waals surface area contributed by atoms with Gasteiger partial charge < -0.3 is 39.9 Å². The van der Waals surface area contributed by atoms with Gasteiger partial charge in [0.1, 0.15) is 43.2 Å². The molecule has 1 rings (SSSR count). The SMILES string of the molecule is CCCC(=O)OC[C@H](COP(=O)(O)OC1[C@H](O)[C@H](O)C(O)[C@H](O)[C@H]1O)OC(=O)CCC. The summed E-state index contributed by atoms with van der Waals surface area (Å²) >= 11 is 0. The summed E-state index contributed by atoms with van der Waals surface area (Å²) < 4.78 is 31.6. The van der Waals surface area contributed by atoms with Crippen molar-refractivity contribution in [3.63, 3.8) is 0 Å². The number of carbonyl (C=O) groups excluding carboxylic acids is 2. The van der Waals surface area contributed by atoms with Crippen LogP contribution >= 0.6 is 7.82 Å². The Morgan fingerprint density at radius 3 is 1.84 bits per heavy atom. The van der Waals surface area contributed by atoms with Crippen LogP contribution in [-0.2, 0) is 32.7 Å². The summed E-state index contributed by atoms with van der Waals surface area (Å²) in [5.74, 6) is -1.23. The van der Waals surface area contributed by atoms with E-state index < -0.39 is 75.7 Å². The molecule has 0 aromatic heterocycles. The second-order valence-corrected chi connectivity index (χ2v) is 8.49. The number of esters is 2. The van der Waals surface area contributed by atoms with Gasteiger partial charge in [0.25, 0.3) is 0 Å². The number of rotatable bonds is 12. The van der Waals surface area contributed by atoms with Crippen LogP contribution in [0.5, 0.6) is 0 Å². The molecule has 0 aromatic carbocycles. The van der Waals surface area contributed by atoms with Crippen molar-refractivity contribution < 1.29 is 63.1 Å². The van der Waals surface area contributed by atoms with Crippen LogP contribution in [0.4, 0.5) is 0 Å². The smallest absolute Gasteiger partial charge is 0.462 e. The molecule has 0 heterocycles. The minimum Gasteiger partial charge on any atom is -0.462 e. The van der Waals surface area contributed by atoms with Crippen LogP contribution in [0.3, 0.4) is 0 Å². The molecule has 13 nitrogen and oxygen atoms in total. The first-order valence-electron chi connectivity index (χ1n) is 9.84. The van der Waals surface area contributed by atoms with Gasteiger partial charge >= 0.3 is 19.8 Å². The van der Waals surface area contributed by atoms with Gasteiger partial charge in [-0.15, -0.1) is 0 Å². The number of phosphoric ester groups is 1. The van der Waals surface area contributed by atoms with Crippen molar-refractivity contribution in [3.05, 3.63) is 0 Å². The third-order valence-corrected chi connectivity index (χ3v) is 5.37. The summed E-state index contributed by atoms with van der Waals surface area (Å²) in [5, 5.41) is 48.6. The van der Waals surface area contributed by atoms with E-state index in [1.165, 1.54) is 0 Å². The highest BCUT2D eigenvalue weighted by Crippen LogP contribution is 2.47. The average molecular weight is 474 g/mol. The molecular weight excluding hydrogens is 443 g/mol. The predicted molar refractivity (Wildman–Crippen MR) is 101 cm³/mol. The Morgan fingerprint density at radius 2 is 1.32 bits per heavy atom. The Hall–Kier alpha value is -1.15. The van der Waals surface area contributed by atoms with E-state index in [2.05, 4.69) is 4.52 Å². The van der Waals surface area contributed by atoms with Gasteiger partial charge in [-0.1, -0.05) is 13.8 Å². The monoisotopic (exact) mass is 474 g/mol. The zero-order valence-corrected chi connectivity index (χ0v) is 18.2. The molecule has 182 valence electrons. The Labute approximate surface area is 179 Å². The topological polar surface area (TPSA) is 210 Å². The number of aliphatic hydroxyl groups excluding tert-OH is 5. The molecule has 3 unspecified atom stereocenters. The third-order valence-electron chi connectivity index (χ3n) is 4.39. The van der Waals surface area contributed by atoms with E-state index in [-0.39, 0.29) is 12.8 Å². The molecule has 1 fully saturated rings. The molecule has 0 aliphatic heterocycles. The van der Waals surface area contributed by atoms with E-state index >= 15 is 0 Å². The van der Waals surface area contributed by atoms with Crippen LogP contribution in [0.25, 0.3) is 0 Å². The van der Waals surface area contributed by atoms with Crippen LogP contribution in [-0.4, -0.2) is 98.3 Å². The number of hydrogen-bond donors (Lipinski definition) is 6. The molecule has 14 heteroatoms. The van der Waals surface area contributed by atoms with Gasteiger partial charge in [0.2, 0.25) is 0 Å². The van der Waals surface area contributed by atoms with Gasteiger partial charge in [-0.05, 0) is 12.8 Å². The number of hydrogen-bond acceptors (Lipinski definition) is 12. The van der Waals surface area contributed by atoms with Crippen LogP contribution in [0.1, 0.15) is 39.5 Å². The lowest BCUT2D eigenvalue weighted by atomic mass is 9.85. The quantitative estimate of drug-likeness (QED) is 0.139. The predicted octanol–water partition coefficient (Wildman–Crippen LogP) is -1.64. The molecule has 31 heavy (non-hydrogen) atoms. The van der Waals surface area contributed by atoms with Gasteiger partial charge in [-0.25, -0.2) is 4.57 Å². The summed E-state index contributed by atoms with van der Waals surface area (Å²) in [6.45, 7) is 2.29. The highest BCUT2D eigenvalue weighted by molar-refractivity contribution is 7.47. The fraction of sp³-hybridized carbons (Fsp3) is 0.882. The fourth-order valence-electron chi connectivity index (χ4n) is 2.71. The first-order chi connectivity index (χ1) is 14.4. The molecule has 1 aliphatic rings. The van der Waals surface area contributed by atoms with Crippen LogP contribution in [0, 0.1) is 0 Å². The Balaban J connectivity index is 2.76. The van der Waals surface area contributed by atoms with Crippen molar-refractivity contribution in [1.29, 1.82) is 0 Å². The molecule has 1 aliphatic carbocycles. The molecule has 0 bridgehead atoms. The standard InChI is InChI=1S/C17H31O13P/c1-3-5-10(18)27-7-9(29-11(19)6-4-2)8-28-31(25,26)30-17-15(23)13(21)12(20)14(22)16(17)24/h9,12-17,20-24H,3-8H2,1-2H3,(H,25,26)/t9-,12?,13-,14+,15-,16-,17?/m1/s1. The zero-order valence-electron chi connectivity index (χ0n) is 17.3. The number of carbonyl (C=O) groups is 2. The second kappa shape index (κ2) is 12.8. The van der Waals surface area contributed by atoms with Crippen molar-refractivity contribution in [2.45, 2.75) is 82.3 Å². The maximum Gasteiger partial charge on any atom is 0.472 e. The largest absolute Gasteiger partial charge is 0.472 e. The Kier molecular flexibility index (Phi) is 11.5. The van der Waals surface area contributed by atoms with Crippen molar-refractivity contribution >= 4 is 19.8 Å². The molecular formula is C17H31O13P. The van der Waals surface area contributed by atoms with Crippen molar-refractivity contribution in [1.82, 2.24) is 0 Å². The number of aliphatic hydroxyl groups is 5. The van der Waals surface area contributed by atoms with E-state index in [4.69, 9.17) is 14.0 Å². The molecule has 0 amide bonds. The first-order valence-corrected chi connectivity index (χ1v) is 11.3.